The lowest BCUT2D eigenvalue weighted by atomic mass is 9.94. The highest BCUT2D eigenvalue weighted by atomic mass is 16.6. The maximum Gasteiger partial charge on any atom is 0.270 e. The first kappa shape index (κ1) is 18.0. The van der Waals surface area contributed by atoms with E-state index in [0.717, 1.165) is 27.2 Å². The highest BCUT2D eigenvalue weighted by molar-refractivity contribution is 5.97. The molecule has 0 radical (unpaired) electrons. The predicted molar refractivity (Wildman–Crippen MR) is 109 cm³/mol. The van der Waals surface area contributed by atoms with Crippen molar-refractivity contribution in [3.8, 4) is 0 Å². The van der Waals surface area contributed by atoms with Crippen LogP contribution in [0.1, 0.15) is 16.8 Å². The maximum absolute atomic E-state index is 13.1. The van der Waals surface area contributed by atoms with E-state index in [-0.39, 0.29) is 24.0 Å². The Morgan fingerprint density at radius 2 is 1.97 bits per heavy atom. The average molecular weight is 403 g/mol. The minimum absolute atomic E-state index is 0.0645. The molecule has 2 aliphatic rings. The van der Waals surface area contributed by atoms with Crippen LogP contribution >= 0.6 is 0 Å². The Bertz CT molecular complexity index is 1230. The molecule has 9 nitrogen and oxygen atoms in total. The number of fused-ring (bicyclic) bond motifs is 4. The first-order valence-corrected chi connectivity index (χ1v) is 9.49. The Hall–Kier alpha value is -4.01. The van der Waals surface area contributed by atoms with Crippen LogP contribution in [0.25, 0.3) is 10.9 Å². The molecule has 9 heteroatoms. The Balaban J connectivity index is 1.42. The maximum atomic E-state index is 13.1. The van der Waals surface area contributed by atoms with Crippen LogP contribution in [-0.4, -0.2) is 50.4 Å². The van der Waals surface area contributed by atoms with Crippen molar-refractivity contribution in [1.82, 2.24) is 14.9 Å². The third-order valence-corrected chi connectivity index (χ3v) is 5.58. The molecule has 0 unspecified atom stereocenters. The molecule has 1 aromatic heterocycles. The van der Waals surface area contributed by atoms with Crippen molar-refractivity contribution >= 4 is 34.6 Å². The minimum Gasteiger partial charge on any atom is -0.357 e. The molecule has 30 heavy (non-hydrogen) atoms. The summed E-state index contributed by atoms with van der Waals surface area (Å²) in [5.41, 5.74) is 3.42. The zero-order valence-electron chi connectivity index (χ0n) is 15.8. The molecule has 1 saturated heterocycles. The van der Waals surface area contributed by atoms with Crippen LogP contribution in [-0.2, 0) is 22.6 Å². The Kier molecular flexibility index (Phi) is 4.09. The Labute approximate surface area is 170 Å². The van der Waals surface area contributed by atoms with E-state index >= 15 is 0 Å². The second-order valence-electron chi connectivity index (χ2n) is 7.36. The van der Waals surface area contributed by atoms with E-state index in [1.807, 2.05) is 24.3 Å². The number of para-hydroxylation sites is 1. The quantitative estimate of drug-likeness (QED) is 0.410. The summed E-state index contributed by atoms with van der Waals surface area (Å²) >= 11 is 0. The smallest absolute Gasteiger partial charge is 0.270 e. The number of nitrogens with one attached hydrogen (secondary N) is 1. The molecule has 1 fully saturated rings. The number of nitro groups is 1. The molecule has 0 spiro atoms. The van der Waals surface area contributed by atoms with Gasteiger partial charge in [0.25, 0.3) is 11.6 Å². The number of hydrazone groups is 1. The monoisotopic (exact) mass is 403 g/mol. The number of benzene rings is 2. The largest absolute Gasteiger partial charge is 0.357 e. The summed E-state index contributed by atoms with van der Waals surface area (Å²) in [5, 5.41) is 17.3. The lowest BCUT2D eigenvalue weighted by Gasteiger charge is -2.40. The molecule has 2 amide bonds. The highest BCUT2D eigenvalue weighted by Crippen LogP contribution is 2.32. The standard InChI is InChI=1S/C21H17N5O4/c27-20-12-25(22-10-13-4-3-5-14(8-13)26(29)30)21(28)19-9-16-15-6-1-2-7-17(15)23-18(16)11-24(19)20/h1-8,10,19,23H,9,11-12H2/b22-10+/t19-/m1/s1. The van der Waals surface area contributed by atoms with Crippen LogP contribution in [0.15, 0.2) is 53.6 Å². The van der Waals surface area contributed by atoms with Gasteiger partial charge in [0.2, 0.25) is 5.91 Å². The van der Waals surface area contributed by atoms with Gasteiger partial charge in [-0.25, -0.2) is 5.01 Å². The molecule has 2 aromatic carbocycles. The number of non-ortho nitro benzene ring substituents is 1. The lowest BCUT2D eigenvalue weighted by Crippen LogP contribution is -2.60. The minimum atomic E-state index is -0.611. The van der Waals surface area contributed by atoms with Crippen molar-refractivity contribution in [3.63, 3.8) is 0 Å². The summed E-state index contributed by atoms with van der Waals surface area (Å²) in [4.78, 5) is 41.2. The van der Waals surface area contributed by atoms with Crippen LogP contribution in [0.2, 0.25) is 0 Å². The highest BCUT2D eigenvalue weighted by Gasteiger charge is 2.43. The second-order valence-corrected chi connectivity index (χ2v) is 7.36. The fourth-order valence-corrected chi connectivity index (χ4v) is 4.11. The van der Waals surface area contributed by atoms with E-state index in [4.69, 9.17) is 0 Å². The van der Waals surface area contributed by atoms with E-state index < -0.39 is 11.0 Å². The van der Waals surface area contributed by atoms with E-state index in [2.05, 4.69) is 10.1 Å². The van der Waals surface area contributed by atoms with Crippen molar-refractivity contribution in [2.75, 3.05) is 6.54 Å². The molecule has 0 aliphatic carbocycles. The number of rotatable bonds is 3. The molecule has 2 aliphatic heterocycles. The van der Waals surface area contributed by atoms with Gasteiger partial charge in [-0.15, -0.1) is 0 Å². The molecule has 0 bridgehead atoms. The van der Waals surface area contributed by atoms with Gasteiger partial charge in [-0.2, -0.15) is 5.10 Å². The van der Waals surface area contributed by atoms with Gasteiger partial charge in [-0.3, -0.25) is 19.7 Å². The number of carbonyl (C=O) groups excluding carboxylic acids is 2. The van der Waals surface area contributed by atoms with E-state index in [0.29, 0.717) is 18.5 Å². The number of nitro benzene ring substituents is 1. The van der Waals surface area contributed by atoms with Gasteiger partial charge in [-0.05, 0) is 11.6 Å². The normalized spacial score (nSPS) is 18.7. The van der Waals surface area contributed by atoms with Gasteiger partial charge in [0.05, 0.1) is 17.7 Å². The zero-order valence-corrected chi connectivity index (χ0v) is 15.8. The van der Waals surface area contributed by atoms with Gasteiger partial charge in [0.15, 0.2) is 0 Å². The van der Waals surface area contributed by atoms with Crippen LogP contribution in [0, 0.1) is 10.1 Å². The number of aromatic amines is 1. The summed E-state index contributed by atoms with van der Waals surface area (Å²) in [7, 11) is 0. The molecule has 1 N–H and O–H groups in total. The second kappa shape index (κ2) is 6.80. The summed E-state index contributed by atoms with van der Waals surface area (Å²) in [6, 6.07) is 13.2. The summed E-state index contributed by atoms with van der Waals surface area (Å²) in [6.45, 7) is 0.206. The molecular weight excluding hydrogens is 386 g/mol. The van der Waals surface area contributed by atoms with Crippen LogP contribution in [0.5, 0.6) is 0 Å². The molecule has 150 valence electrons. The van der Waals surface area contributed by atoms with Gasteiger partial charge in [-0.1, -0.05) is 30.3 Å². The zero-order chi connectivity index (χ0) is 20.8. The van der Waals surface area contributed by atoms with Gasteiger partial charge >= 0.3 is 0 Å². The number of carbonyl (C=O) groups is 2. The summed E-state index contributed by atoms with van der Waals surface area (Å²) in [5.74, 6) is -0.438. The van der Waals surface area contributed by atoms with Crippen molar-refractivity contribution < 1.29 is 14.5 Å². The number of nitrogens with zero attached hydrogens (tertiary/aromatic N) is 4. The molecular formula is C21H17N5O4. The van der Waals surface area contributed by atoms with Crippen molar-refractivity contribution in [3.05, 3.63) is 75.5 Å². The summed E-state index contributed by atoms with van der Waals surface area (Å²) < 4.78 is 0. The topological polar surface area (TPSA) is 112 Å². The van der Waals surface area contributed by atoms with Crippen molar-refractivity contribution in [1.29, 1.82) is 0 Å². The fourth-order valence-electron chi connectivity index (χ4n) is 4.11. The van der Waals surface area contributed by atoms with Crippen LogP contribution in [0.3, 0.4) is 0 Å². The predicted octanol–water partition coefficient (Wildman–Crippen LogP) is 2.21. The third-order valence-electron chi connectivity index (χ3n) is 5.58. The number of hydrogen-bond donors (Lipinski definition) is 1. The van der Waals surface area contributed by atoms with Crippen LogP contribution < -0.4 is 0 Å². The lowest BCUT2D eigenvalue weighted by molar-refractivity contribution is -0.384. The van der Waals surface area contributed by atoms with Gasteiger partial charge < -0.3 is 9.88 Å². The van der Waals surface area contributed by atoms with Crippen LogP contribution in [0.4, 0.5) is 5.69 Å². The fraction of sp³-hybridized carbons (Fsp3) is 0.190. The Morgan fingerprint density at radius 3 is 2.80 bits per heavy atom. The SMILES string of the molecule is O=C1[C@H]2Cc3c([nH]c4ccccc34)CN2C(=O)CN1/N=C/c1cccc([N+](=O)[O-])c1. The first-order valence-electron chi connectivity index (χ1n) is 9.49. The molecule has 3 heterocycles. The van der Waals surface area contributed by atoms with E-state index in [9.17, 15) is 19.7 Å². The summed E-state index contributed by atoms with van der Waals surface area (Å²) in [6.07, 6.45) is 1.79. The number of piperazine rings is 1. The van der Waals surface area contributed by atoms with Gasteiger partial charge in [0, 0.05) is 40.7 Å². The molecule has 3 aromatic rings. The van der Waals surface area contributed by atoms with Crippen molar-refractivity contribution in [2.24, 2.45) is 5.10 Å². The average Bonchev–Trinajstić information content (AvgIpc) is 3.12. The number of hydrogen-bond acceptors (Lipinski definition) is 5. The van der Waals surface area contributed by atoms with E-state index in [1.54, 1.807) is 17.0 Å². The molecule has 0 saturated carbocycles. The number of amides is 2. The number of aromatic nitrogens is 1. The molecule has 5 rings (SSSR count). The Morgan fingerprint density at radius 1 is 1.13 bits per heavy atom. The van der Waals surface area contributed by atoms with E-state index in [1.165, 1.54) is 18.3 Å². The third kappa shape index (κ3) is 2.91. The number of H-pyrrole nitrogens is 1. The first-order chi connectivity index (χ1) is 14.5. The van der Waals surface area contributed by atoms with Gasteiger partial charge in [0.1, 0.15) is 12.6 Å². The molecule has 1 atom stereocenters. The van der Waals surface area contributed by atoms with Crippen molar-refractivity contribution in [2.45, 2.75) is 19.0 Å².